The Morgan fingerprint density at radius 1 is 1.53 bits per heavy atom. The molecule has 19 heavy (non-hydrogen) atoms. The van der Waals surface area contributed by atoms with Crippen LogP contribution in [0.2, 0.25) is 0 Å². The van der Waals surface area contributed by atoms with Crippen LogP contribution in [0.3, 0.4) is 0 Å². The smallest absolute Gasteiger partial charge is 0.322 e. The van der Waals surface area contributed by atoms with Crippen LogP contribution in [0.5, 0.6) is 0 Å². The minimum Gasteiger partial charge on any atom is -0.338 e. The molecule has 0 amide bonds. The van der Waals surface area contributed by atoms with Crippen molar-refractivity contribution in [3.8, 4) is 6.07 Å². The second-order valence-corrected chi connectivity index (χ2v) is 3.26. The van der Waals surface area contributed by atoms with Gasteiger partial charge < -0.3 is 10.1 Å². The van der Waals surface area contributed by atoms with Crippen LogP contribution in [0.1, 0.15) is 0 Å². The van der Waals surface area contributed by atoms with Gasteiger partial charge in [0.1, 0.15) is 6.07 Å². The molecule has 2 rings (SSSR count). The van der Waals surface area contributed by atoms with Gasteiger partial charge in [0.25, 0.3) is 0 Å². The lowest BCUT2D eigenvalue weighted by Crippen LogP contribution is -2.42. The Labute approximate surface area is 107 Å². The van der Waals surface area contributed by atoms with Crippen molar-refractivity contribution >= 4 is 17.2 Å². The monoisotopic (exact) mass is 260 g/mol. The molecule has 0 aromatic heterocycles. The van der Waals surface area contributed by atoms with Crippen molar-refractivity contribution < 1.29 is 5.03 Å². The number of benzene rings is 1. The summed E-state index contributed by atoms with van der Waals surface area (Å²) >= 11 is 0. The predicted octanol–water partition coefficient (Wildman–Crippen LogP) is -0.192. The number of amidine groups is 1. The maximum atomic E-state index is 10.4. The number of hydrogen-bond acceptors (Lipinski definition) is 8. The van der Waals surface area contributed by atoms with E-state index in [-0.39, 0.29) is 11.5 Å². The summed E-state index contributed by atoms with van der Waals surface area (Å²) in [5, 5.41) is 26.2. The Bertz CT molecular complexity index is 576. The van der Waals surface area contributed by atoms with E-state index in [1.54, 1.807) is 30.3 Å². The summed E-state index contributed by atoms with van der Waals surface area (Å²) in [5.41, 5.74) is 7.70. The number of rotatable bonds is 4. The van der Waals surface area contributed by atoms with Crippen molar-refractivity contribution in [2.45, 2.75) is 0 Å². The minimum absolute atomic E-state index is 0.0531. The molecule has 0 saturated heterocycles. The first kappa shape index (κ1) is 12.3. The third-order valence-electron chi connectivity index (χ3n) is 2.02. The van der Waals surface area contributed by atoms with E-state index in [1.807, 2.05) is 6.07 Å². The van der Waals surface area contributed by atoms with Gasteiger partial charge in [-0.3, -0.25) is 10.9 Å². The molecule has 1 aliphatic heterocycles. The molecule has 1 aromatic rings. The van der Waals surface area contributed by atoms with Crippen LogP contribution in [-0.4, -0.2) is 21.8 Å². The summed E-state index contributed by atoms with van der Waals surface area (Å²) in [7, 11) is 0. The van der Waals surface area contributed by atoms with Gasteiger partial charge in [0.05, 0.1) is 21.0 Å². The molecular weight excluding hydrogens is 252 g/mol. The lowest BCUT2D eigenvalue weighted by atomic mass is 10.3. The quantitative estimate of drug-likeness (QED) is 0.388. The zero-order chi connectivity index (χ0) is 13.7. The first-order valence-corrected chi connectivity index (χ1v) is 5.04. The summed E-state index contributed by atoms with van der Waals surface area (Å²) < 4.78 is 0. The summed E-state index contributed by atoms with van der Waals surface area (Å²) in [6, 6.07) is 10.7. The number of nitriles is 1. The SMILES string of the molecule is N#CC(=NNc1ccccc1)C1=NN([N+](=O)[O-])NN1. The Kier molecular flexibility index (Phi) is 3.51. The number of para-hydroxylation sites is 1. The van der Waals surface area contributed by atoms with Crippen LogP contribution in [0, 0.1) is 21.4 Å². The third-order valence-corrected chi connectivity index (χ3v) is 2.02. The molecule has 0 unspecified atom stereocenters. The van der Waals surface area contributed by atoms with Crippen molar-refractivity contribution in [1.82, 2.24) is 16.2 Å². The molecule has 10 heteroatoms. The third kappa shape index (κ3) is 2.93. The largest absolute Gasteiger partial charge is 0.338 e. The topological polar surface area (TPSA) is 131 Å². The maximum Gasteiger partial charge on any atom is 0.322 e. The van der Waals surface area contributed by atoms with Gasteiger partial charge in [0, 0.05) is 0 Å². The normalized spacial score (nSPS) is 14.4. The highest BCUT2D eigenvalue weighted by Crippen LogP contribution is 2.04. The van der Waals surface area contributed by atoms with E-state index < -0.39 is 5.03 Å². The van der Waals surface area contributed by atoms with E-state index in [4.69, 9.17) is 5.26 Å². The summed E-state index contributed by atoms with van der Waals surface area (Å²) in [4.78, 5) is 10.4. The van der Waals surface area contributed by atoms with E-state index in [9.17, 15) is 10.1 Å². The molecule has 1 aliphatic rings. The van der Waals surface area contributed by atoms with E-state index in [0.29, 0.717) is 10.9 Å². The van der Waals surface area contributed by atoms with Gasteiger partial charge in [-0.25, -0.2) is 0 Å². The van der Waals surface area contributed by atoms with Gasteiger partial charge in [-0.05, 0) is 12.1 Å². The molecule has 0 spiro atoms. The van der Waals surface area contributed by atoms with Crippen molar-refractivity contribution in [3.63, 3.8) is 0 Å². The van der Waals surface area contributed by atoms with E-state index in [1.165, 1.54) is 0 Å². The number of hydrazine groups is 3. The molecule has 0 bridgehead atoms. The highest BCUT2D eigenvalue weighted by molar-refractivity contribution is 6.47. The molecule has 1 heterocycles. The average molecular weight is 260 g/mol. The maximum absolute atomic E-state index is 10.4. The lowest BCUT2D eigenvalue weighted by molar-refractivity contribution is -0.671. The molecule has 10 nitrogen and oxygen atoms in total. The second-order valence-electron chi connectivity index (χ2n) is 3.26. The Morgan fingerprint density at radius 3 is 2.84 bits per heavy atom. The van der Waals surface area contributed by atoms with Crippen LogP contribution < -0.4 is 16.4 Å². The molecule has 3 N–H and O–H groups in total. The fraction of sp³-hybridized carbons (Fsp3) is 0. The zero-order valence-electron chi connectivity index (χ0n) is 9.44. The highest BCUT2D eigenvalue weighted by atomic mass is 16.7. The number of nitro groups is 1. The lowest BCUT2D eigenvalue weighted by Gasteiger charge is -2.00. The van der Waals surface area contributed by atoms with Crippen molar-refractivity contribution in [2.75, 3.05) is 5.43 Å². The Morgan fingerprint density at radius 2 is 2.26 bits per heavy atom. The Balaban J connectivity index is 2.11. The van der Waals surface area contributed by atoms with E-state index in [2.05, 4.69) is 26.6 Å². The molecule has 1 aromatic carbocycles. The van der Waals surface area contributed by atoms with Crippen molar-refractivity contribution in [1.29, 1.82) is 5.26 Å². The number of hydrazone groups is 2. The van der Waals surface area contributed by atoms with Crippen molar-refractivity contribution in [3.05, 3.63) is 40.4 Å². The molecule has 0 fully saturated rings. The van der Waals surface area contributed by atoms with Gasteiger partial charge in [-0.1, -0.05) is 23.7 Å². The molecule has 0 saturated carbocycles. The molecule has 0 aliphatic carbocycles. The highest BCUT2D eigenvalue weighted by Gasteiger charge is 2.28. The van der Waals surface area contributed by atoms with Crippen LogP contribution >= 0.6 is 0 Å². The summed E-state index contributed by atoms with van der Waals surface area (Å²) in [6.45, 7) is 0. The van der Waals surface area contributed by atoms with E-state index in [0.717, 1.165) is 0 Å². The summed E-state index contributed by atoms with van der Waals surface area (Å²) in [5.74, 6) is -0.0531. The van der Waals surface area contributed by atoms with E-state index >= 15 is 0 Å². The second kappa shape index (κ2) is 5.43. The van der Waals surface area contributed by atoms with Gasteiger partial charge in [-0.2, -0.15) is 10.4 Å². The molecular formula is C9H8N8O2. The van der Waals surface area contributed by atoms with Crippen molar-refractivity contribution in [2.24, 2.45) is 10.2 Å². The summed E-state index contributed by atoms with van der Waals surface area (Å²) in [6.07, 6.45) is 0. The first-order chi connectivity index (χ1) is 9.20. The van der Waals surface area contributed by atoms with Gasteiger partial charge >= 0.3 is 5.84 Å². The van der Waals surface area contributed by atoms with Crippen LogP contribution in [0.4, 0.5) is 5.69 Å². The van der Waals surface area contributed by atoms with Crippen LogP contribution in [0.15, 0.2) is 40.5 Å². The number of nitrogens with zero attached hydrogens (tertiary/aromatic N) is 5. The predicted molar refractivity (Wildman–Crippen MR) is 65.7 cm³/mol. The minimum atomic E-state index is -0.792. The van der Waals surface area contributed by atoms with Gasteiger partial charge in [0.15, 0.2) is 0 Å². The molecule has 96 valence electrons. The average Bonchev–Trinajstić information content (AvgIpc) is 2.90. The fourth-order valence-electron chi connectivity index (χ4n) is 1.20. The van der Waals surface area contributed by atoms with Crippen LogP contribution in [-0.2, 0) is 0 Å². The first-order valence-electron chi connectivity index (χ1n) is 5.04. The zero-order valence-corrected chi connectivity index (χ0v) is 9.44. The fourth-order valence-corrected chi connectivity index (χ4v) is 1.20. The number of hydrogen-bond donors (Lipinski definition) is 3. The number of nitrogens with one attached hydrogen (secondary N) is 3. The van der Waals surface area contributed by atoms with Gasteiger partial charge in [-0.15, -0.1) is 0 Å². The van der Waals surface area contributed by atoms with Gasteiger partial charge in [0.2, 0.25) is 5.71 Å². The van der Waals surface area contributed by atoms with Crippen LogP contribution in [0.25, 0.3) is 0 Å². The number of anilines is 1. The molecule has 0 atom stereocenters. The Hall–Kier alpha value is -3.19. The molecule has 0 radical (unpaired) electrons. The standard InChI is InChI=1S/C9H8N8O2/c10-6-8(9-13-15-16(14-9)17(18)19)12-11-7-4-2-1-3-5-7/h1-5,11,15H,(H,13,14).